The summed E-state index contributed by atoms with van der Waals surface area (Å²) in [6.45, 7) is 3.33. The van der Waals surface area contributed by atoms with E-state index >= 15 is 0 Å². The van der Waals surface area contributed by atoms with E-state index in [1.807, 2.05) is 29.9 Å². The zero-order valence-corrected chi connectivity index (χ0v) is 13.1. The Labute approximate surface area is 128 Å². The van der Waals surface area contributed by atoms with Crippen LogP contribution < -0.4 is 15.2 Å². The quantitative estimate of drug-likeness (QED) is 0.941. The van der Waals surface area contributed by atoms with Crippen molar-refractivity contribution < 1.29 is 9.47 Å². The van der Waals surface area contributed by atoms with Crippen LogP contribution in [-0.2, 0) is 13.5 Å². The average molecular weight is 305 g/mol. The number of nitrogens with zero attached hydrogens (tertiary/aromatic N) is 2. The molecule has 0 atom stereocenters. The molecule has 2 N–H and O–H groups in total. The lowest BCUT2D eigenvalue weighted by Gasteiger charge is -2.18. The second-order valence-electron chi connectivity index (χ2n) is 4.95. The molecule has 1 aromatic carbocycles. The zero-order valence-electron chi connectivity index (χ0n) is 12.3. The van der Waals surface area contributed by atoms with Gasteiger partial charge in [-0.15, -0.1) is 0 Å². The summed E-state index contributed by atoms with van der Waals surface area (Å²) in [6.07, 6.45) is 1.94. The third kappa shape index (κ3) is 2.81. The maximum absolute atomic E-state index is 6.22. The molecule has 0 unspecified atom stereocenters. The van der Waals surface area contributed by atoms with Crippen molar-refractivity contribution in [3.05, 3.63) is 23.9 Å². The van der Waals surface area contributed by atoms with E-state index in [1.165, 1.54) is 0 Å². The predicted molar refractivity (Wildman–Crippen MR) is 83.2 cm³/mol. The lowest BCUT2D eigenvalue weighted by atomic mass is 10.2. The Bertz CT molecular complexity index is 655. The van der Waals surface area contributed by atoms with Gasteiger partial charge in [-0.2, -0.15) is 5.10 Å². The highest BCUT2D eigenvalue weighted by molar-refractivity contribution is 7.99. The number of fused-ring (bicyclic) bond motifs is 1. The summed E-state index contributed by atoms with van der Waals surface area (Å²) in [7, 11) is 1.93. The fourth-order valence-corrected chi connectivity index (χ4v) is 3.25. The molecule has 0 spiro atoms. The van der Waals surface area contributed by atoms with E-state index in [4.69, 9.17) is 15.2 Å². The molecular formula is C15H19N3O2S. The molecule has 2 heterocycles. The lowest BCUT2D eigenvalue weighted by molar-refractivity contribution is 0.171. The van der Waals surface area contributed by atoms with Gasteiger partial charge in [-0.3, -0.25) is 4.68 Å². The summed E-state index contributed by atoms with van der Waals surface area (Å²) in [5, 5.41) is 5.47. The lowest BCUT2D eigenvalue weighted by Crippen LogP contribution is -2.15. The first-order chi connectivity index (χ1) is 10.2. The summed E-state index contributed by atoms with van der Waals surface area (Å²) < 4.78 is 13.0. The molecular weight excluding hydrogens is 286 g/mol. The average Bonchev–Trinajstić information content (AvgIpc) is 2.75. The summed E-state index contributed by atoms with van der Waals surface area (Å²) >= 11 is 1.60. The molecule has 112 valence electrons. The number of aromatic nitrogens is 2. The van der Waals surface area contributed by atoms with E-state index in [-0.39, 0.29) is 0 Å². The van der Waals surface area contributed by atoms with Gasteiger partial charge in [0.1, 0.15) is 18.2 Å². The van der Waals surface area contributed by atoms with Crippen LogP contribution in [0.5, 0.6) is 11.5 Å². The number of aryl methyl sites for hydroxylation is 2. The van der Waals surface area contributed by atoms with E-state index in [1.54, 1.807) is 11.8 Å². The van der Waals surface area contributed by atoms with Gasteiger partial charge >= 0.3 is 0 Å². The first kappa shape index (κ1) is 14.1. The highest BCUT2D eigenvalue weighted by Crippen LogP contribution is 2.39. The molecule has 1 aliphatic rings. The van der Waals surface area contributed by atoms with E-state index in [0.717, 1.165) is 45.6 Å². The van der Waals surface area contributed by atoms with Gasteiger partial charge in [0.15, 0.2) is 11.5 Å². The van der Waals surface area contributed by atoms with Crippen LogP contribution in [0.4, 0.5) is 5.69 Å². The molecule has 5 nitrogen and oxygen atoms in total. The van der Waals surface area contributed by atoms with Gasteiger partial charge in [0.25, 0.3) is 0 Å². The predicted octanol–water partition coefficient (Wildman–Crippen LogP) is 2.88. The maximum Gasteiger partial charge on any atom is 0.162 e. The van der Waals surface area contributed by atoms with Gasteiger partial charge in [-0.25, -0.2) is 0 Å². The van der Waals surface area contributed by atoms with Crippen molar-refractivity contribution in [2.75, 3.05) is 18.9 Å². The molecule has 3 rings (SSSR count). The molecule has 6 heteroatoms. The number of rotatable bonds is 4. The molecule has 1 aromatic heterocycles. The summed E-state index contributed by atoms with van der Waals surface area (Å²) in [5.41, 5.74) is 7.97. The molecule has 0 fully saturated rings. The molecule has 0 radical (unpaired) electrons. The number of hydrogen-bond acceptors (Lipinski definition) is 5. The van der Waals surface area contributed by atoms with Gasteiger partial charge < -0.3 is 15.2 Å². The summed E-state index contributed by atoms with van der Waals surface area (Å²) in [6, 6.07) is 5.95. The first-order valence-corrected chi connectivity index (χ1v) is 7.89. The van der Waals surface area contributed by atoms with Crippen LogP contribution in [0.3, 0.4) is 0 Å². The van der Waals surface area contributed by atoms with Crippen molar-refractivity contribution in [2.24, 2.45) is 7.05 Å². The van der Waals surface area contributed by atoms with Crippen molar-refractivity contribution in [1.29, 1.82) is 0 Å². The minimum Gasteiger partial charge on any atom is -0.486 e. The number of benzene rings is 1. The van der Waals surface area contributed by atoms with Gasteiger partial charge in [-0.05, 0) is 24.6 Å². The molecule has 0 amide bonds. The maximum atomic E-state index is 6.22. The Balaban J connectivity index is 1.86. The fourth-order valence-electron chi connectivity index (χ4n) is 2.32. The van der Waals surface area contributed by atoms with Crippen LogP contribution in [0.15, 0.2) is 28.1 Å². The van der Waals surface area contributed by atoms with E-state index in [2.05, 4.69) is 12.0 Å². The van der Waals surface area contributed by atoms with Gasteiger partial charge in [0.2, 0.25) is 0 Å². The molecule has 1 aliphatic heterocycles. The summed E-state index contributed by atoms with van der Waals surface area (Å²) in [5.74, 6) is 1.59. The minimum absolute atomic E-state index is 0.593. The van der Waals surface area contributed by atoms with Crippen LogP contribution in [0, 0.1) is 0 Å². The van der Waals surface area contributed by atoms with E-state index in [9.17, 15) is 0 Å². The number of ether oxygens (including phenoxy) is 2. The second kappa shape index (κ2) is 5.89. The molecule has 0 bridgehead atoms. The van der Waals surface area contributed by atoms with Crippen LogP contribution >= 0.6 is 11.8 Å². The van der Waals surface area contributed by atoms with Crippen molar-refractivity contribution in [3.63, 3.8) is 0 Å². The highest BCUT2D eigenvalue weighted by Gasteiger charge is 2.16. The molecule has 21 heavy (non-hydrogen) atoms. The van der Waals surface area contributed by atoms with E-state index in [0.29, 0.717) is 13.2 Å². The minimum atomic E-state index is 0.593. The zero-order chi connectivity index (χ0) is 14.8. The standard InChI is InChI=1S/C15H19N3O2S/c1-3-4-11-14(16)15(18(2)17-11)21-10-5-6-12-13(9-10)20-8-7-19-12/h5-6,9H,3-4,7-8,16H2,1-2H3. The van der Waals surface area contributed by atoms with Crippen LogP contribution in [0.1, 0.15) is 19.0 Å². The van der Waals surface area contributed by atoms with Crippen LogP contribution in [-0.4, -0.2) is 23.0 Å². The van der Waals surface area contributed by atoms with Crippen molar-refractivity contribution in [2.45, 2.75) is 29.7 Å². The normalized spacial score (nSPS) is 13.4. The van der Waals surface area contributed by atoms with Crippen LogP contribution in [0.25, 0.3) is 0 Å². The molecule has 0 saturated carbocycles. The number of anilines is 1. The molecule has 0 saturated heterocycles. The topological polar surface area (TPSA) is 62.3 Å². The third-order valence-electron chi connectivity index (χ3n) is 3.32. The highest BCUT2D eigenvalue weighted by atomic mass is 32.2. The number of nitrogen functional groups attached to an aromatic ring is 1. The fraction of sp³-hybridized carbons (Fsp3) is 0.400. The summed E-state index contributed by atoms with van der Waals surface area (Å²) in [4.78, 5) is 1.07. The largest absolute Gasteiger partial charge is 0.486 e. The number of nitrogens with two attached hydrogens (primary N) is 1. The SMILES string of the molecule is CCCc1nn(C)c(Sc2ccc3c(c2)OCCO3)c1N. The van der Waals surface area contributed by atoms with E-state index < -0.39 is 0 Å². The van der Waals surface area contributed by atoms with Gasteiger partial charge in [-0.1, -0.05) is 25.1 Å². The van der Waals surface area contributed by atoms with Crippen molar-refractivity contribution >= 4 is 17.4 Å². The smallest absolute Gasteiger partial charge is 0.162 e. The third-order valence-corrected chi connectivity index (χ3v) is 4.49. The van der Waals surface area contributed by atoms with Gasteiger partial charge in [0, 0.05) is 11.9 Å². The molecule has 0 aliphatic carbocycles. The Hall–Kier alpha value is -1.82. The van der Waals surface area contributed by atoms with Crippen molar-refractivity contribution in [1.82, 2.24) is 9.78 Å². The number of hydrogen-bond donors (Lipinski definition) is 1. The van der Waals surface area contributed by atoms with Gasteiger partial charge in [0.05, 0.1) is 11.4 Å². The monoisotopic (exact) mass is 305 g/mol. The van der Waals surface area contributed by atoms with Crippen LogP contribution in [0.2, 0.25) is 0 Å². The van der Waals surface area contributed by atoms with Crippen molar-refractivity contribution in [3.8, 4) is 11.5 Å². The Morgan fingerprint density at radius 1 is 1.29 bits per heavy atom. The molecule has 2 aromatic rings. The second-order valence-corrected chi connectivity index (χ2v) is 6.01. The Kier molecular flexibility index (Phi) is 3.96. The Morgan fingerprint density at radius 2 is 2.05 bits per heavy atom. The Morgan fingerprint density at radius 3 is 2.81 bits per heavy atom. The first-order valence-electron chi connectivity index (χ1n) is 7.08.